The van der Waals surface area contributed by atoms with Gasteiger partial charge in [0.25, 0.3) is 11.8 Å². The Bertz CT molecular complexity index is 1390. The number of hydrogen-bond acceptors (Lipinski definition) is 6. The highest BCUT2D eigenvalue weighted by atomic mass is 79.9. The highest BCUT2D eigenvalue weighted by Crippen LogP contribution is 2.36. The van der Waals surface area contributed by atoms with Crippen LogP contribution in [0.25, 0.3) is 6.08 Å². The van der Waals surface area contributed by atoms with Gasteiger partial charge in [0.05, 0.1) is 10.2 Å². The van der Waals surface area contributed by atoms with Gasteiger partial charge in [-0.1, -0.05) is 18.2 Å². The molecule has 0 unspecified atom stereocenters. The minimum atomic E-state index is -0.860. The summed E-state index contributed by atoms with van der Waals surface area (Å²) < 4.78 is 30.0. The van der Waals surface area contributed by atoms with Crippen molar-refractivity contribution < 1.29 is 33.0 Å². The average molecular weight is 539 g/mol. The van der Waals surface area contributed by atoms with E-state index in [9.17, 15) is 18.8 Å². The second-order valence-corrected chi connectivity index (χ2v) is 8.45. The van der Waals surface area contributed by atoms with Gasteiger partial charge in [0.2, 0.25) is 6.79 Å². The normalized spacial score (nSPS) is 16.0. The summed E-state index contributed by atoms with van der Waals surface area (Å²) in [7, 11) is 0. The number of imide groups is 2. The number of ether oxygens (including phenoxy) is 3. The maximum atomic E-state index is 13.1. The van der Waals surface area contributed by atoms with E-state index in [4.69, 9.17) is 14.2 Å². The molecule has 0 saturated carbocycles. The minimum absolute atomic E-state index is 0.0427. The van der Waals surface area contributed by atoms with E-state index in [1.807, 2.05) is 0 Å². The van der Waals surface area contributed by atoms with E-state index >= 15 is 0 Å². The highest BCUT2D eigenvalue weighted by molar-refractivity contribution is 9.10. The third kappa shape index (κ3) is 4.60. The number of hydrogen-bond donors (Lipinski definition) is 1. The van der Waals surface area contributed by atoms with Gasteiger partial charge in [-0.2, -0.15) is 0 Å². The zero-order valence-electron chi connectivity index (χ0n) is 17.9. The number of nitrogens with one attached hydrogen (secondary N) is 1. The number of benzene rings is 3. The molecule has 0 spiro atoms. The van der Waals surface area contributed by atoms with E-state index in [-0.39, 0.29) is 30.5 Å². The van der Waals surface area contributed by atoms with Crippen molar-refractivity contribution in [1.29, 1.82) is 0 Å². The van der Waals surface area contributed by atoms with Crippen molar-refractivity contribution in [3.05, 3.63) is 87.7 Å². The van der Waals surface area contributed by atoms with Crippen LogP contribution in [0.4, 0.5) is 14.9 Å². The summed E-state index contributed by atoms with van der Waals surface area (Å²) in [4.78, 5) is 38.9. The van der Waals surface area contributed by atoms with Crippen LogP contribution in [0, 0.1) is 5.82 Å². The van der Waals surface area contributed by atoms with Crippen LogP contribution in [0.5, 0.6) is 17.2 Å². The molecule has 5 rings (SSSR count). The molecular formula is C25H16BrFN2O6. The summed E-state index contributed by atoms with van der Waals surface area (Å²) in [5.41, 5.74) is 1.35. The molecule has 35 heavy (non-hydrogen) atoms. The Labute approximate surface area is 207 Å². The minimum Gasteiger partial charge on any atom is -0.488 e. The quantitative estimate of drug-likeness (QED) is 0.378. The van der Waals surface area contributed by atoms with Gasteiger partial charge in [-0.15, -0.1) is 0 Å². The summed E-state index contributed by atoms with van der Waals surface area (Å²) >= 11 is 3.42. The number of rotatable bonds is 5. The van der Waals surface area contributed by atoms with E-state index in [0.29, 0.717) is 27.3 Å². The SMILES string of the molecule is O=C1NC(=O)N(c2ccc3c(c2)OCO3)C(=O)/C1=C/c1ccc(OCc2ccc(F)cc2)c(Br)c1. The summed E-state index contributed by atoms with van der Waals surface area (Å²) in [6.07, 6.45) is 1.39. The van der Waals surface area contributed by atoms with Crippen molar-refractivity contribution in [2.24, 2.45) is 0 Å². The van der Waals surface area contributed by atoms with E-state index < -0.39 is 17.8 Å². The summed E-state index contributed by atoms with van der Waals surface area (Å²) in [6, 6.07) is 14.7. The second kappa shape index (κ2) is 9.22. The fraction of sp³-hybridized carbons (Fsp3) is 0.0800. The molecule has 1 saturated heterocycles. The van der Waals surface area contributed by atoms with Crippen LogP contribution in [0.1, 0.15) is 11.1 Å². The lowest BCUT2D eigenvalue weighted by atomic mass is 10.1. The third-order valence-corrected chi connectivity index (χ3v) is 5.91. The second-order valence-electron chi connectivity index (χ2n) is 7.60. The predicted octanol–water partition coefficient (Wildman–Crippen LogP) is 4.56. The molecule has 4 amide bonds. The number of amides is 4. The fourth-order valence-electron chi connectivity index (χ4n) is 3.55. The highest BCUT2D eigenvalue weighted by Gasteiger charge is 2.37. The number of urea groups is 1. The van der Waals surface area contributed by atoms with Crippen molar-refractivity contribution in [2.75, 3.05) is 11.7 Å². The Morgan fingerprint density at radius 2 is 1.77 bits per heavy atom. The largest absolute Gasteiger partial charge is 0.488 e. The number of fused-ring (bicyclic) bond motifs is 1. The molecule has 0 atom stereocenters. The summed E-state index contributed by atoms with van der Waals surface area (Å²) in [6.45, 7) is 0.272. The standard InChI is InChI=1S/C25H16BrFN2O6/c26-19-10-15(3-7-20(19)33-12-14-1-4-16(27)5-2-14)9-18-23(30)28-25(32)29(24(18)31)17-6-8-21-22(11-17)35-13-34-21/h1-11H,12-13H2,(H,28,30,32)/b18-9+. The smallest absolute Gasteiger partial charge is 0.335 e. The fourth-order valence-corrected chi connectivity index (χ4v) is 4.06. The molecule has 10 heteroatoms. The molecule has 1 fully saturated rings. The molecule has 1 N–H and O–H groups in total. The van der Waals surface area contributed by atoms with Crippen LogP contribution >= 0.6 is 15.9 Å². The van der Waals surface area contributed by atoms with Crippen molar-refractivity contribution >= 4 is 45.5 Å². The van der Waals surface area contributed by atoms with Crippen LogP contribution in [0.2, 0.25) is 0 Å². The lowest BCUT2D eigenvalue weighted by Gasteiger charge is -2.26. The summed E-state index contributed by atoms with van der Waals surface area (Å²) in [5, 5.41) is 2.19. The van der Waals surface area contributed by atoms with Crippen LogP contribution < -0.4 is 24.4 Å². The lowest BCUT2D eigenvalue weighted by Crippen LogP contribution is -2.54. The number of carbonyl (C=O) groups excluding carboxylic acids is 3. The van der Waals surface area contributed by atoms with Gasteiger partial charge in [0.1, 0.15) is 23.7 Å². The van der Waals surface area contributed by atoms with Crippen LogP contribution in [0.3, 0.4) is 0 Å². The number of carbonyl (C=O) groups is 3. The predicted molar refractivity (Wildman–Crippen MR) is 126 cm³/mol. The van der Waals surface area contributed by atoms with Gasteiger partial charge in [0.15, 0.2) is 11.5 Å². The van der Waals surface area contributed by atoms with E-state index in [1.165, 1.54) is 30.3 Å². The Morgan fingerprint density at radius 1 is 1.00 bits per heavy atom. The van der Waals surface area contributed by atoms with Crippen LogP contribution in [-0.2, 0) is 16.2 Å². The first-order chi connectivity index (χ1) is 16.9. The molecule has 3 aromatic carbocycles. The van der Waals surface area contributed by atoms with Gasteiger partial charge >= 0.3 is 6.03 Å². The zero-order chi connectivity index (χ0) is 24.5. The monoisotopic (exact) mass is 538 g/mol. The topological polar surface area (TPSA) is 94.2 Å². The maximum absolute atomic E-state index is 13.1. The van der Waals surface area contributed by atoms with Crippen LogP contribution in [0.15, 0.2) is 70.7 Å². The van der Waals surface area contributed by atoms with Crippen molar-refractivity contribution in [1.82, 2.24) is 5.32 Å². The molecule has 2 aliphatic heterocycles. The maximum Gasteiger partial charge on any atom is 0.335 e. The van der Waals surface area contributed by atoms with Crippen molar-refractivity contribution in [3.8, 4) is 17.2 Å². The van der Waals surface area contributed by atoms with Gasteiger partial charge in [-0.05, 0) is 69.5 Å². The Morgan fingerprint density at radius 3 is 2.54 bits per heavy atom. The number of barbiturate groups is 1. The van der Waals surface area contributed by atoms with Crippen molar-refractivity contribution in [2.45, 2.75) is 6.61 Å². The first-order valence-electron chi connectivity index (χ1n) is 10.4. The number of anilines is 1. The first kappa shape index (κ1) is 22.6. The molecule has 0 aromatic heterocycles. The first-order valence-corrected chi connectivity index (χ1v) is 11.2. The molecule has 8 nitrogen and oxygen atoms in total. The van der Waals surface area contributed by atoms with Crippen LogP contribution in [-0.4, -0.2) is 24.6 Å². The third-order valence-electron chi connectivity index (χ3n) is 5.29. The molecule has 0 radical (unpaired) electrons. The molecule has 176 valence electrons. The molecule has 0 bridgehead atoms. The molecule has 3 aromatic rings. The van der Waals surface area contributed by atoms with Crippen molar-refractivity contribution in [3.63, 3.8) is 0 Å². The van der Waals surface area contributed by atoms with Gasteiger partial charge in [-0.25, -0.2) is 14.1 Å². The van der Waals surface area contributed by atoms with E-state index in [0.717, 1.165) is 10.5 Å². The zero-order valence-corrected chi connectivity index (χ0v) is 19.5. The summed E-state index contributed by atoms with van der Waals surface area (Å²) in [5.74, 6) is -0.488. The Balaban J connectivity index is 1.37. The van der Waals surface area contributed by atoms with E-state index in [2.05, 4.69) is 21.2 Å². The lowest BCUT2D eigenvalue weighted by molar-refractivity contribution is -0.122. The van der Waals surface area contributed by atoms with Gasteiger partial charge in [-0.3, -0.25) is 14.9 Å². The molecule has 2 aliphatic rings. The molecule has 0 aliphatic carbocycles. The van der Waals surface area contributed by atoms with E-state index in [1.54, 1.807) is 36.4 Å². The number of halogens is 2. The Kier molecular flexibility index (Phi) is 5.96. The molecule has 2 heterocycles. The Hall–Kier alpha value is -4.18. The number of nitrogens with zero attached hydrogens (tertiary/aromatic N) is 1. The van der Waals surface area contributed by atoms with Gasteiger partial charge in [0, 0.05) is 6.07 Å². The molecular weight excluding hydrogens is 523 g/mol. The average Bonchev–Trinajstić information content (AvgIpc) is 3.30. The van der Waals surface area contributed by atoms with Gasteiger partial charge < -0.3 is 14.2 Å².